The highest BCUT2D eigenvalue weighted by Crippen LogP contribution is 2.27. The molecule has 0 atom stereocenters. The molecular weight excluding hydrogens is 302 g/mol. The third-order valence-electron chi connectivity index (χ3n) is 3.02. The molecule has 0 aliphatic carbocycles. The quantitative estimate of drug-likeness (QED) is 0.801. The first-order valence-electron chi connectivity index (χ1n) is 6.44. The molecule has 1 aromatic carbocycles. The minimum atomic E-state index is -0.131. The predicted octanol–water partition coefficient (Wildman–Crippen LogP) is 3.51. The maximum absolute atomic E-state index is 12.3. The first kappa shape index (κ1) is 13.9. The summed E-state index contributed by atoms with van der Waals surface area (Å²) in [5.41, 5.74) is 2.94. The molecule has 6 heteroatoms. The van der Waals surface area contributed by atoms with Gasteiger partial charge in [0.2, 0.25) is 0 Å². The molecule has 0 bridgehead atoms. The molecule has 2 heterocycles. The monoisotopic (exact) mass is 315 g/mol. The van der Waals surface area contributed by atoms with Gasteiger partial charge in [0.15, 0.2) is 0 Å². The Bertz CT molecular complexity index is 733. The van der Waals surface area contributed by atoms with Gasteiger partial charge in [-0.15, -0.1) is 16.4 Å². The van der Waals surface area contributed by atoms with E-state index in [1.54, 1.807) is 11.3 Å². The molecule has 0 saturated carbocycles. The molecule has 3 rings (SSSR count). The minimum absolute atomic E-state index is 0.131. The number of amides is 1. The lowest BCUT2D eigenvalue weighted by Gasteiger charge is -2.04. The van der Waals surface area contributed by atoms with Crippen molar-refractivity contribution >= 4 is 28.8 Å². The average molecular weight is 315 g/mol. The summed E-state index contributed by atoms with van der Waals surface area (Å²) in [4.78, 5) is 13.8. The number of benzene rings is 1. The summed E-state index contributed by atoms with van der Waals surface area (Å²) < 4.78 is 3.90. The van der Waals surface area contributed by atoms with E-state index < -0.39 is 0 Å². The summed E-state index contributed by atoms with van der Waals surface area (Å²) in [5.74, 6) is -0.131. The number of nitrogens with one attached hydrogen (secondary N) is 1. The zero-order valence-corrected chi connectivity index (χ0v) is 13.0. The van der Waals surface area contributed by atoms with Gasteiger partial charge < -0.3 is 5.32 Å². The average Bonchev–Trinajstić information content (AvgIpc) is 3.16. The zero-order chi connectivity index (χ0) is 14.7. The third kappa shape index (κ3) is 3.17. The molecule has 0 saturated heterocycles. The van der Waals surface area contributed by atoms with Crippen LogP contribution in [0.4, 0.5) is 0 Å². The molecule has 21 heavy (non-hydrogen) atoms. The van der Waals surface area contributed by atoms with Crippen LogP contribution in [-0.4, -0.2) is 15.5 Å². The second-order valence-electron chi connectivity index (χ2n) is 4.60. The topological polar surface area (TPSA) is 54.9 Å². The number of aryl methyl sites for hydroxylation is 1. The molecule has 3 aromatic rings. The maximum Gasteiger partial charge on any atom is 0.265 e. The number of hydrogen-bond donors (Lipinski definition) is 1. The van der Waals surface area contributed by atoms with Crippen molar-refractivity contribution in [1.82, 2.24) is 14.9 Å². The van der Waals surface area contributed by atoms with Gasteiger partial charge in [-0.1, -0.05) is 40.4 Å². The van der Waals surface area contributed by atoms with Crippen LogP contribution in [0.3, 0.4) is 0 Å². The molecule has 1 N–H and O–H groups in total. The lowest BCUT2D eigenvalue weighted by Crippen LogP contribution is -2.22. The number of carbonyl (C=O) groups excluding carboxylic acids is 1. The van der Waals surface area contributed by atoms with Gasteiger partial charge in [-0.05, 0) is 35.5 Å². The van der Waals surface area contributed by atoms with Gasteiger partial charge >= 0.3 is 0 Å². The molecule has 106 valence electrons. The molecule has 0 aliphatic heterocycles. The van der Waals surface area contributed by atoms with E-state index in [1.165, 1.54) is 5.56 Å². The lowest BCUT2D eigenvalue weighted by molar-refractivity contribution is 0.0955. The van der Waals surface area contributed by atoms with E-state index in [0.29, 0.717) is 17.1 Å². The molecule has 0 aliphatic rings. The Balaban J connectivity index is 1.72. The lowest BCUT2D eigenvalue weighted by atomic mass is 10.1. The molecule has 0 spiro atoms. The van der Waals surface area contributed by atoms with Crippen molar-refractivity contribution in [3.63, 3.8) is 0 Å². The van der Waals surface area contributed by atoms with E-state index in [9.17, 15) is 4.79 Å². The van der Waals surface area contributed by atoms with Crippen LogP contribution in [0.15, 0.2) is 41.8 Å². The Morgan fingerprint density at radius 1 is 1.24 bits per heavy atom. The van der Waals surface area contributed by atoms with Gasteiger partial charge in [0, 0.05) is 6.54 Å². The Labute approximate surface area is 130 Å². The van der Waals surface area contributed by atoms with Crippen LogP contribution in [-0.2, 0) is 6.54 Å². The van der Waals surface area contributed by atoms with Crippen LogP contribution >= 0.6 is 22.9 Å². The van der Waals surface area contributed by atoms with E-state index >= 15 is 0 Å². The third-order valence-corrected chi connectivity index (χ3v) is 4.62. The van der Waals surface area contributed by atoms with Gasteiger partial charge in [0.05, 0.1) is 4.88 Å². The van der Waals surface area contributed by atoms with Gasteiger partial charge in [-0.25, -0.2) is 0 Å². The van der Waals surface area contributed by atoms with Crippen LogP contribution in [0.25, 0.3) is 10.6 Å². The molecule has 1 amide bonds. The van der Waals surface area contributed by atoms with Gasteiger partial charge in [-0.3, -0.25) is 4.79 Å². The number of hydrogen-bond acceptors (Lipinski definition) is 5. The summed E-state index contributed by atoms with van der Waals surface area (Å²) in [6.45, 7) is 2.54. The summed E-state index contributed by atoms with van der Waals surface area (Å²) >= 11 is 2.68. The molecular formula is C15H13N3OS2. The Kier molecular flexibility index (Phi) is 4.08. The van der Waals surface area contributed by atoms with Crippen LogP contribution < -0.4 is 5.32 Å². The van der Waals surface area contributed by atoms with Crippen molar-refractivity contribution < 1.29 is 4.79 Å². The number of carbonyl (C=O) groups is 1. The van der Waals surface area contributed by atoms with Crippen molar-refractivity contribution in [2.75, 3.05) is 0 Å². The number of nitrogens with zero attached hydrogens (tertiary/aromatic N) is 2. The van der Waals surface area contributed by atoms with Crippen molar-refractivity contribution in [3.05, 3.63) is 57.8 Å². The van der Waals surface area contributed by atoms with Crippen LogP contribution in [0.2, 0.25) is 0 Å². The van der Waals surface area contributed by atoms with Gasteiger partial charge in [-0.2, -0.15) is 0 Å². The predicted molar refractivity (Wildman–Crippen MR) is 85.6 cm³/mol. The number of aromatic nitrogens is 2. The van der Waals surface area contributed by atoms with E-state index in [-0.39, 0.29) is 5.91 Å². The van der Waals surface area contributed by atoms with Crippen molar-refractivity contribution in [1.29, 1.82) is 0 Å². The van der Waals surface area contributed by atoms with E-state index in [1.807, 2.05) is 48.7 Å². The Morgan fingerprint density at radius 3 is 2.76 bits per heavy atom. The molecule has 0 radical (unpaired) electrons. The number of rotatable bonds is 4. The molecule has 4 nitrogen and oxygen atoms in total. The summed E-state index contributed by atoms with van der Waals surface area (Å²) in [5, 5.41) is 8.94. The first-order valence-corrected chi connectivity index (χ1v) is 8.09. The maximum atomic E-state index is 12.3. The Hall–Kier alpha value is -2.05. The second kappa shape index (κ2) is 6.15. The van der Waals surface area contributed by atoms with E-state index in [0.717, 1.165) is 22.0 Å². The van der Waals surface area contributed by atoms with Crippen molar-refractivity contribution in [2.45, 2.75) is 13.5 Å². The summed E-state index contributed by atoms with van der Waals surface area (Å²) in [6, 6.07) is 12.0. The first-order chi connectivity index (χ1) is 10.2. The van der Waals surface area contributed by atoms with Crippen LogP contribution in [0, 0.1) is 6.92 Å². The van der Waals surface area contributed by atoms with E-state index in [2.05, 4.69) is 14.9 Å². The Morgan fingerprint density at radius 2 is 2.05 bits per heavy atom. The zero-order valence-electron chi connectivity index (χ0n) is 11.4. The number of thiophene rings is 1. The van der Waals surface area contributed by atoms with Crippen LogP contribution in [0.1, 0.15) is 20.8 Å². The minimum Gasteiger partial charge on any atom is -0.347 e. The van der Waals surface area contributed by atoms with E-state index in [4.69, 9.17) is 0 Å². The second-order valence-corrected chi connectivity index (χ2v) is 6.30. The van der Waals surface area contributed by atoms with Gasteiger partial charge in [0.25, 0.3) is 5.91 Å². The van der Waals surface area contributed by atoms with Crippen molar-refractivity contribution in [3.8, 4) is 10.6 Å². The normalized spacial score (nSPS) is 10.5. The summed E-state index contributed by atoms with van der Waals surface area (Å²) in [7, 11) is 0. The van der Waals surface area contributed by atoms with Gasteiger partial charge in [0.1, 0.15) is 10.6 Å². The smallest absolute Gasteiger partial charge is 0.265 e. The molecule has 0 unspecified atom stereocenters. The largest absolute Gasteiger partial charge is 0.347 e. The SMILES string of the molecule is Cc1ccc(CNC(=O)c2snnc2-c2cccs2)cc1. The highest BCUT2D eigenvalue weighted by atomic mass is 32.1. The van der Waals surface area contributed by atoms with Crippen molar-refractivity contribution in [2.24, 2.45) is 0 Å². The standard InChI is InChI=1S/C15H13N3OS2/c1-10-4-6-11(7-5-10)9-16-15(19)14-13(17-18-21-14)12-3-2-8-20-12/h2-8H,9H2,1H3,(H,16,19). The fourth-order valence-corrected chi connectivity index (χ4v) is 3.26. The highest BCUT2D eigenvalue weighted by molar-refractivity contribution is 7.14. The fraction of sp³-hybridized carbons (Fsp3) is 0.133. The van der Waals surface area contributed by atoms with Crippen LogP contribution in [0.5, 0.6) is 0 Å². The molecule has 0 fully saturated rings. The highest BCUT2D eigenvalue weighted by Gasteiger charge is 2.18. The fourth-order valence-electron chi connectivity index (χ4n) is 1.88. The summed E-state index contributed by atoms with van der Waals surface area (Å²) in [6.07, 6.45) is 0. The molecule has 2 aromatic heterocycles.